The molecular formula is C21H23ClN2O3. The van der Waals surface area contributed by atoms with Gasteiger partial charge in [-0.25, -0.2) is 0 Å². The predicted octanol–water partition coefficient (Wildman–Crippen LogP) is 4.02. The van der Waals surface area contributed by atoms with E-state index in [-0.39, 0.29) is 5.70 Å². The third-order valence-corrected chi connectivity index (χ3v) is 4.29. The van der Waals surface area contributed by atoms with Gasteiger partial charge in [0.25, 0.3) is 11.8 Å². The molecule has 0 fully saturated rings. The summed E-state index contributed by atoms with van der Waals surface area (Å²) in [5.41, 5.74) is 6.47. The molecule has 0 aliphatic rings. The van der Waals surface area contributed by atoms with Gasteiger partial charge in [0.15, 0.2) is 0 Å². The predicted molar refractivity (Wildman–Crippen MR) is 107 cm³/mol. The van der Waals surface area contributed by atoms with E-state index < -0.39 is 11.8 Å². The van der Waals surface area contributed by atoms with Crippen molar-refractivity contribution >= 4 is 29.5 Å². The van der Waals surface area contributed by atoms with E-state index in [1.54, 1.807) is 48.5 Å². The number of rotatable bonds is 8. The van der Waals surface area contributed by atoms with Crippen molar-refractivity contribution in [2.24, 2.45) is 11.7 Å². The molecular weight excluding hydrogens is 364 g/mol. The second-order valence-electron chi connectivity index (χ2n) is 6.28. The summed E-state index contributed by atoms with van der Waals surface area (Å²) in [5.74, 6) is -0.00270. The molecule has 0 radical (unpaired) electrons. The Kier molecular flexibility index (Phi) is 7.44. The molecule has 27 heavy (non-hydrogen) atoms. The minimum atomic E-state index is -0.730. The zero-order valence-electron chi connectivity index (χ0n) is 15.4. The van der Waals surface area contributed by atoms with Crippen molar-refractivity contribution in [3.8, 4) is 5.75 Å². The standard InChI is InChI=1S/C21H23ClN2O3/c1-3-14(2)13-27-18-10-6-16(7-11-18)21(26)24-19(20(23)25)12-15-4-8-17(22)9-5-15/h4-12,14H,3,13H2,1-2H3,(H2,23,25)(H,24,26). The molecule has 0 spiro atoms. The number of nitrogens with two attached hydrogens (primary N) is 1. The van der Waals surface area contributed by atoms with Crippen LogP contribution in [-0.4, -0.2) is 18.4 Å². The largest absolute Gasteiger partial charge is 0.493 e. The van der Waals surface area contributed by atoms with Gasteiger partial charge in [-0.3, -0.25) is 9.59 Å². The minimum Gasteiger partial charge on any atom is -0.493 e. The maximum absolute atomic E-state index is 12.4. The first-order valence-electron chi connectivity index (χ1n) is 8.70. The second kappa shape index (κ2) is 9.78. The summed E-state index contributed by atoms with van der Waals surface area (Å²) in [5, 5.41) is 3.12. The summed E-state index contributed by atoms with van der Waals surface area (Å²) in [6.07, 6.45) is 2.54. The normalized spacial score (nSPS) is 12.3. The molecule has 5 nitrogen and oxygen atoms in total. The first kappa shape index (κ1) is 20.5. The number of ether oxygens (including phenoxy) is 1. The molecule has 0 saturated heterocycles. The number of hydrogen-bond acceptors (Lipinski definition) is 3. The first-order valence-corrected chi connectivity index (χ1v) is 9.08. The molecule has 0 aliphatic heterocycles. The fraction of sp³-hybridized carbons (Fsp3) is 0.238. The van der Waals surface area contributed by atoms with E-state index in [9.17, 15) is 9.59 Å². The van der Waals surface area contributed by atoms with Gasteiger partial charge in [0.2, 0.25) is 0 Å². The van der Waals surface area contributed by atoms with Gasteiger partial charge in [-0.05, 0) is 54.0 Å². The summed E-state index contributed by atoms with van der Waals surface area (Å²) in [6.45, 7) is 4.84. The van der Waals surface area contributed by atoms with Crippen LogP contribution in [-0.2, 0) is 4.79 Å². The lowest BCUT2D eigenvalue weighted by Gasteiger charge is -2.11. The number of carbonyl (C=O) groups is 2. The van der Waals surface area contributed by atoms with Gasteiger partial charge in [0, 0.05) is 10.6 Å². The maximum Gasteiger partial charge on any atom is 0.265 e. The van der Waals surface area contributed by atoms with Gasteiger partial charge >= 0.3 is 0 Å². The number of carbonyl (C=O) groups excluding carboxylic acids is 2. The van der Waals surface area contributed by atoms with Crippen molar-refractivity contribution < 1.29 is 14.3 Å². The fourth-order valence-electron chi connectivity index (χ4n) is 2.15. The van der Waals surface area contributed by atoms with E-state index in [0.717, 1.165) is 6.42 Å². The molecule has 3 N–H and O–H groups in total. The number of amides is 2. The van der Waals surface area contributed by atoms with E-state index in [2.05, 4.69) is 19.2 Å². The monoisotopic (exact) mass is 386 g/mol. The van der Waals surface area contributed by atoms with Crippen molar-refractivity contribution in [2.45, 2.75) is 20.3 Å². The zero-order chi connectivity index (χ0) is 19.8. The molecule has 2 rings (SSSR count). The Morgan fingerprint density at radius 1 is 1.15 bits per heavy atom. The van der Waals surface area contributed by atoms with Crippen LogP contribution >= 0.6 is 11.6 Å². The third-order valence-electron chi connectivity index (χ3n) is 4.04. The molecule has 6 heteroatoms. The third kappa shape index (κ3) is 6.46. The van der Waals surface area contributed by atoms with E-state index in [0.29, 0.717) is 34.4 Å². The van der Waals surface area contributed by atoms with Crippen molar-refractivity contribution in [2.75, 3.05) is 6.61 Å². The Labute approximate surface area is 164 Å². The highest BCUT2D eigenvalue weighted by atomic mass is 35.5. The Hall–Kier alpha value is -2.79. The van der Waals surface area contributed by atoms with Crippen LogP contribution in [0.5, 0.6) is 5.75 Å². The Balaban J connectivity index is 2.07. The molecule has 2 aromatic carbocycles. The molecule has 2 aromatic rings. The number of halogens is 1. The average Bonchev–Trinajstić information content (AvgIpc) is 2.67. The lowest BCUT2D eigenvalue weighted by atomic mass is 10.1. The fourth-order valence-corrected chi connectivity index (χ4v) is 2.27. The maximum atomic E-state index is 12.4. The SMILES string of the molecule is CCC(C)COc1ccc(C(=O)NC(=Cc2ccc(Cl)cc2)C(N)=O)cc1. The molecule has 0 aromatic heterocycles. The molecule has 1 atom stereocenters. The lowest BCUT2D eigenvalue weighted by Crippen LogP contribution is -2.31. The molecule has 142 valence electrons. The topological polar surface area (TPSA) is 81.4 Å². The molecule has 0 saturated carbocycles. The van der Waals surface area contributed by atoms with E-state index >= 15 is 0 Å². The summed E-state index contributed by atoms with van der Waals surface area (Å²) in [4.78, 5) is 24.1. The van der Waals surface area contributed by atoms with Crippen LogP contribution in [0.1, 0.15) is 36.2 Å². The van der Waals surface area contributed by atoms with Crippen molar-refractivity contribution in [1.29, 1.82) is 0 Å². The van der Waals surface area contributed by atoms with Crippen molar-refractivity contribution in [3.63, 3.8) is 0 Å². The van der Waals surface area contributed by atoms with E-state index in [1.165, 1.54) is 6.08 Å². The summed E-state index contributed by atoms with van der Waals surface area (Å²) in [6, 6.07) is 13.6. The average molecular weight is 387 g/mol. The van der Waals surface area contributed by atoms with E-state index in [1.807, 2.05) is 0 Å². The smallest absolute Gasteiger partial charge is 0.265 e. The number of nitrogens with one attached hydrogen (secondary N) is 1. The van der Waals surface area contributed by atoms with Crippen LogP contribution in [0.15, 0.2) is 54.2 Å². The van der Waals surface area contributed by atoms with Crippen LogP contribution in [0.3, 0.4) is 0 Å². The molecule has 0 aliphatic carbocycles. The molecule has 2 amide bonds. The van der Waals surface area contributed by atoms with Crippen LogP contribution in [0.4, 0.5) is 0 Å². The van der Waals surface area contributed by atoms with Gasteiger partial charge < -0.3 is 15.8 Å². The summed E-state index contributed by atoms with van der Waals surface area (Å²) < 4.78 is 5.67. The number of benzene rings is 2. The van der Waals surface area contributed by atoms with Gasteiger partial charge in [-0.1, -0.05) is 44.0 Å². The highest BCUT2D eigenvalue weighted by Gasteiger charge is 2.12. The summed E-state index contributed by atoms with van der Waals surface area (Å²) >= 11 is 5.84. The van der Waals surface area contributed by atoms with Crippen LogP contribution in [0, 0.1) is 5.92 Å². The van der Waals surface area contributed by atoms with Crippen LogP contribution in [0.25, 0.3) is 6.08 Å². The molecule has 0 heterocycles. The highest BCUT2D eigenvalue weighted by Crippen LogP contribution is 2.15. The summed E-state index contributed by atoms with van der Waals surface area (Å²) in [7, 11) is 0. The molecule has 0 bridgehead atoms. The van der Waals surface area contributed by atoms with E-state index in [4.69, 9.17) is 22.1 Å². The van der Waals surface area contributed by atoms with Gasteiger partial charge in [-0.15, -0.1) is 0 Å². The molecule has 1 unspecified atom stereocenters. The minimum absolute atomic E-state index is 0.000537. The van der Waals surface area contributed by atoms with Crippen LogP contribution in [0.2, 0.25) is 5.02 Å². The van der Waals surface area contributed by atoms with Gasteiger partial charge in [0.1, 0.15) is 11.4 Å². The van der Waals surface area contributed by atoms with Crippen molar-refractivity contribution in [3.05, 3.63) is 70.4 Å². The zero-order valence-corrected chi connectivity index (χ0v) is 16.1. The van der Waals surface area contributed by atoms with Crippen LogP contribution < -0.4 is 15.8 Å². The Morgan fingerprint density at radius 2 is 1.78 bits per heavy atom. The lowest BCUT2D eigenvalue weighted by molar-refractivity contribution is -0.114. The first-order chi connectivity index (χ1) is 12.9. The number of primary amides is 1. The van der Waals surface area contributed by atoms with Gasteiger partial charge in [-0.2, -0.15) is 0 Å². The Morgan fingerprint density at radius 3 is 2.33 bits per heavy atom. The van der Waals surface area contributed by atoms with Crippen molar-refractivity contribution in [1.82, 2.24) is 5.32 Å². The quantitative estimate of drug-likeness (QED) is 0.672. The second-order valence-corrected chi connectivity index (χ2v) is 6.71. The Bertz CT molecular complexity index is 814. The highest BCUT2D eigenvalue weighted by molar-refractivity contribution is 6.30. The number of hydrogen-bond donors (Lipinski definition) is 2. The van der Waals surface area contributed by atoms with Gasteiger partial charge in [0.05, 0.1) is 6.61 Å².